The third-order valence-electron chi connectivity index (χ3n) is 2.22. The standard InChI is InChI=1S/C11H11BrClNO4/c12-7-3-1-2-6(9(7)13)10(16)14-8(4-5-15)11(17)18/h1-3,8,15H,4-5H2,(H,14,16)(H,17,18). The first kappa shape index (κ1) is 14.9. The molecule has 0 aliphatic rings. The lowest BCUT2D eigenvalue weighted by atomic mass is 10.1. The van der Waals surface area contributed by atoms with Crippen molar-refractivity contribution in [3.63, 3.8) is 0 Å². The number of benzene rings is 1. The number of carbonyl (C=O) groups excluding carboxylic acids is 1. The first-order chi connectivity index (χ1) is 8.47. The van der Waals surface area contributed by atoms with Crippen molar-refractivity contribution in [3.05, 3.63) is 33.3 Å². The zero-order valence-electron chi connectivity index (χ0n) is 9.19. The second-order valence-corrected chi connectivity index (χ2v) is 4.71. The molecule has 0 heterocycles. The Kier molecular flexibility index (Phi) is 5.58. The summed E-state index contributed by atoms with van der Waals surface area (Å²) in [5.74, 6) is -1.80. The topological polar surface area (TPSA) is 86.6 Å². The van der Waals surface area contributed by atoms with Gasteiger partial charge in [-0.15, -0.1) is 0 Å². The molecule has 1 atom stereocenters. The summed E-state index contributed by atoms with van der Waals surface area (Å²) in [4.78, 5) is 22.7. The Bertz CT molecular complexity index is 466. The summed E-state index contributed by atoms with van der Waals surface area (Å²) in [6.45, 7) is -0.330. The summed E-state index contributed by atoms with van der Waals surface area (Å²) in [7, 11) is 0. The van der Waals surface area contributed by atoms with E-state index < -0.39 is 17.9 Å². The van der Waals surface area contributed by atoms with Crippen molar-refractivity contribution in [3.8, 4) is 0 Å². The average Bonchev–Trinajstić information content (AvgIpc) is 2.31. The summed E-state index contributed by atoms with van der Waals surface area (Å²) in [6, 6.07) is 3.63. The van der Waals surface area contributed by atoms with Gasteiger partial charge in [0.2, 0.25) is 0 Å². The molecule has 1 unspecified atom stereocenters. The highest BCUT2D eigenvalue weighted by Gasteiger charge is 2.21. The predicted octanol–water partition coefficient (Wildman–Crippen LogP) is 1.67. The highest BCUT2D eigenvalue weighted by molar-refractivity contribution is 9.10. The molecule has 3 N–H and O–H groups in total. The van der Waals surface area contributed by atoms with Crippen molar-refractivity contribution < 1.29 is 19.8 Å². The lowest BCUT2D eigenvalue weighted by Gasteiger charge is -2.14. The molecule has 18 heavy (non-hydrogen) atoms. The molecule has 0 saturated carbocycles. The van der Waals surface area contributed by atoms with Gasteiger partial charge in [0.15, 0.2) is 0 Å². The van der Waals surface area contributed by atoms with Gasteiger partial charge in [-0.3, -0.25) is 4.79 Å². The van der Waals surface area contributed by atoms with Crippen molar-refractivity contribution in [2.45, 2.75) is 12.5 Å². The minimum atomic E-state index is -1.21. The van der Waals surface area contributed by atoms with E-state index in [2.05, 4.69) is 21.2 Å². The van der Waals surface area contributed by atoms with Crippen molar-refractivity contribution in [2.24, 2.45) is 0 Å². The van der Waals surface area contributed by atoms with Gasteiger partial charge in [0.1, 0.15) is 6.04 Å². The largest absolute Gasteiger partial charge is 0.480 e. The summed E-state index contributed by atoms with van der Waals surface area (Å²) in [6.07, 6.45) is -0.0628. The SMILES string of the molecule is O=C(NC(CCO)C(=O)O)c1cccc(Br)c1Cl. The number of aliphatic hydroxyl groups excluding tert-OH is 1. The van der Waals surface area contributed by atoms with E-state index in [1.54, 1.807) is 12.1 Å². The normalized spacial score (nSPS) is 11.9. The first-order valence-corrected chi connectivity index (χ1v) is 6.23. The average molecular weight is 337 g/mol. The van der Waals surface area contributed by atoms with Crippen molar-refractivity contribution in [1.82, 2.24) is 5.32 Å². The molecule has 0 spiro atoms. The third kappa shape index (κ3) is 3.69. The van der Waals surface area contributed by atoms with Crippen molar-refractivity contribution in [2.75, 3.05) is 6.61 Å². The summed E-state index contributed by atoms with van der Waals surface area (Å²) < 4.78 is 0.547. The van der Waals surface area contributed by atoms with Crippen molar-refractivity contribution >= 4 is 39.4 Å². The summed E-state index contributed by atoms with van der Waals surface area (Å²) in [5, 5.41) is 20.1. The van der Waals surface area contributed by atoms with Gasteiger partial charge in [0.25, 0.3) is 5.91 Å². The van der Waals surface area contributed by atoms with Crippen LogP contribution in [0.25, 0.3) is 0 Å². The molecule has 5 nitrogen and oxygen atoms in total. The number of carboxylic acid groups (broad SMARTS) is 1. The maximum Gasteiger partial charge on any atom is 0.326 e. The maximum absolute atomic E-state index is 11.8. The zero-order valence-corrected chi connectivity index (χ0v) is 11.5. The van der Waals surface area contributed by atoms with Crippen LogP contribution in [0.4, 0.5) is 0 Å². The molecule has 1 rings (SSSR count). The molecule has 0 bridgehead atoms. The fraction of sp³-hybridized carbons (Fsp3) is 0.273. The number of rotatable bonds is 5. The van der Waals surface area contributed by atoms with E-state index in [0.717, 1.165) is 0 Å². The monoisotopic (exact) mass is 335 g/mol. The smallest absolute Gasteiger partial charge is 0.326 e. The van der Waals surface area contributed by atoms with Gasteiger partial charge in [0, 0.05) is 17.5 Å². The van der Waals surface area contributed by atoms with E-state index in [9.17, 15) is 9.59 Å². The Morgan fingerprint density at radius 3 is 2.67 bits per heavy atom. The minimum absolute atomic E-state index is 0.0628. The van der Waals surface area contributed by atoms with E-state index in [0.29, 0.717) is 4.47 Å². The molecule has 0 radical (unpaired) electrons. The van der Waals surface area contributed by atoms with E-state index in [-0.39, 0.29) is 23.6 Å². The van der Waals surface area contributed by atoms with Crippen LogP contribution in [0, 0.1) is 0 Å². The van der Waals surface area contributed by atoms with Gasteiger partial charge in [0.05, 0.1) is 10.6 Å². The number of aliphatic carboxylic acids is 1. The number of hydrogen-bond donors (Lipinski definition) is 3. The van der Waals surface area contributed by atoms with Crippen LogP contribution >= 0.6 is 27.5 Å². The van der Waals surface area contributed by atoms with Crippen LogP contribution in [0.1, 0.15) is 16.8 Å². The first-order valence-electron chi connectivity index (χ1n) is 5.06. The van der Waals surface area contributed by atoms with Crippen LogP contribution in [0.3, 0.4) is 0 Å². The summed E-state index contributed by atoms with van der Waals surface area (Å²) in [5.41, 5.74) is 0.176. The van der Waals surface area contributed by atoms with Crippen LogP contribution in [0.15, 0.2) is 22.7 Å². The van der Waals surface area contributed by atoms with Crippen LogP contribution in [-0.2, 0) is 4.79 Å². The zero-order chi connectivity index (χ0) is 13.7. The Morgan fingerprint density at radius 1 is 1.44 bits per heavy atom. The van der Waals surface area contributed by atoms with E-state index in [1.165, 1.54) is 6.07 Å². The predicted molar refractivity (Wildman–Crippen MR) is 69.7 cm³/mol. The molecule has 1 amide bonds. The molecular formula is C11H11BrClNO4. The highest BCUT2D eigenvalue weighted by atomic mass is 79.9. The fourth-order valence-electron chi connectivity index (χ4n) is 1.30. The quantitative estimate of drug-likeness (QED) is 0.763. The molecule has 0 fully saturated rings. The Balaban J connectivity index is 2.87. The molecule has 0 aliphatic heterocycles. The third-order valence-corrected chi connectivity index (χ3v) is 3.51. The lowest BCUT2D eigenvalue weighted by Crippen LogP contribution is -2.41. The molecule has 1 aromatic carbocycles. The Labute approximate surface area is 117 Å². The lowest BCUT2D eigenvalue weighted by molar-refractivity contribution is -0.139. The molecule has 0 aromatic heterocycles. The number of amides is 1. The van der Waals surface area contributed by atoms with Gasteiger partial charge in [-0.05, 0) is 28.1 Å². The highest BCUT2D eigenvalue weighted by Crippen LogP contribution is 2.25. The number of carboxylic acids is 1. The Hall–Kier alpha value is -1.11. The molecule has 98 valence electrons. The summed E-state index contributed by atoms with van der Waals surface area (Å²) >= 11 is 9.10. The molecule has 0 aliphatic carbocycles. The van der Waals surface area contributed by atoms with Crippen molar-refractivity contribution in [1.29, 1.82) is 0 Å². The number of aliphatic hydroxyl groups is 1. The molecular weight excluding hydrogens is 325 g/mol. The second-order valence-electron chi connectivity index (χ2n) is 3.48. The van der Waals surface area contributed by atoms with Gasteiger partial charge in [-0.1, -0.05) is 17.7 Å². The number of halogens is 2. The molecule has 0 saturated heterocycles. The van der Waals surface area contributed by atoms with Gasteiger partial charge >= 0.3 is 5.97 Å². The van der Waals surface area contributed by atoms with E-state index >= 15 is 0 Å². The maximum atomic E-state index is 11.8. The number of hydrogen-bond acceptors (Lipinski definition) is 3. The number of nitrogens with one attached hydrogen (secondary N) is 1. The second kappa shape index (κ2) is 6.72. The molecule has 7 heteroatoms. The molecule has 1 aromatic rings. The fourth-order valence-corrected chi connectivity index (χ4v) is 1.88. The van der Waals surface area contributed by atoms with Crippen LogP contribution in [-0.4, -0.2) is 34.7 Å². The minimum Gasteiger partial charge on any atom is -0.480 e. The Morgan fingerprint density at radius 2 is 2.11 bits per heavy atom. The van der Waals surface area contributed by atoms with E-state index in [1.807, 2.05) is 0 Å². The van der Waals surface area contributed by atoms with Gasteiger partial charge in [-0.25, -0.2) is 4.79 Å². The van der Waals surface area contributed by atoms with E-state index in [4.69, 9.17) is 21.8 Å². The van der Waals surface area contributed by atoms with Gasteiger partial charge in [-0.2, -0.15) is 0 Å². The van der Waals surface area contributed by atoms with Crippen LogP contribution in [0.2, 0.25) is 5.02 Å². The van der Waals surface area contributed by atoms with Gasteiger partial charge < -0.3 is 15.5 Å². The number of carbonyl (C=O) groups is 2. The van der Waals surface area contributed by atoms with Crippen LogP contribution in [0.5, 0.6) is 0 Å². The van der Waals surface area contributed by atoms with Crippen LogP contribution < -0.4 is 5.32 Å².